The molecule has 1 aliphatic rings. The monoisotopic (exact) mass is 462 g/mol. The van der Waals surface area contributed by atoms with Gasteiger partial charge in [-0.15, -0.1) is 0 Å². The summed E-state index contributed by atoms with van der Waals surface area (Å²) in [7, 11) is 1.43. The number of anilines is 1. The Morgan fingerprint density at radius 1 is 1.21 bits per heavy atom. The number of nitrogens with one attached hydrogen (secondary N) is 1. The fourth-order valence-electron chi connectivity index (χ4n) is 3.82. The summed E-state index contributed by atoms with van der Waals surface area (Å²) in [5.74, 6) is -4.75. The van der Waals surface area contributed by atoms with Crippen molar-refractivity contribution in [2.45, 2.75) is 57.2 Å². The highest BCUT2D eigenvalue weighted by atomic mass is 19.3. The maximum Gasteiger partial charge on any atom is 0.303 e. The lowest BCUT2D eigenvalue weighted by Crippen LogP contribution is -2.41. The Hall–Kier alpha value is -3.14. The summed E-state index contributed by atoms with van der Waals surface area (Å²) >= 11 is 0. The van der Waals surface area contributed by atoms with Gasteiger partial charge in [0.05, 0.1) is 17.0 Å². The van der Waals surface area contributed by atoms with Gasteiger partial charge in [-0.05, 0) is 39.7 Å². The zero-order chi connectivity index (χ0) is 24.3. The van der Waals surface area contributed by atoms with Crippen molar-refractivity contribution >= 4 is 16.6 Å². The zero-order valence-electron chi connectivity index (χ0n) is 18.7. The number of halogens is 3. The van der Waals surface area contributed by atoms with Gasteiger partial charge in [0.2, 0.25) is 0 Å². The summed E-state index contributed by atoms with van der Waals surface area (Å²) in [6.07, 6.45) is 3.28. The van der Waals surface area contributed by atoms with Crippen molar-refractivity contribution < 1.29 is 18.3 Å². The van der Waals surface area contributed by atoms with E-state index in [0.29, 0.717) is 5.39 Å². The van der Waals surface area contributed by atoms with E-state index in [2.05, 4.69) is 10.4 Å². The first kappa shape index (κ1) is 23.0. The lowest BCUT2D eigenvalue weighted by atomic mass is 9.91. The Balaban J connectivity index is 1.79. The summed E-state index contributed by atoms with van der Waals surface area (Å²) in [5.41, 5.74) is -4.19. The van der Waals surface area contributed by atoms with Crippen LogP contribution in [0.3, 0.4) is 0 Å². The summed E-state index contributed by atoms with van der Waals surface area (Å²) in [6.45, 7) is 3.40. The molecule has 33 heavy (non-hydrogen) atoms. The number of hydrogen-bond acceptors (Lipinski definition) is 5. The minimum absolute atomic E-state index is 0.0595. The molecular weight excluding hydrogens is 437 g/mol. The fourth-order valence-corrected chi connectivity index (χ4v) is 3.82. The molecule has 0 spiro atoms. The number of hydrogen-bond donors (Lipinski definition) is 2. The standard InChI is InChI=1S/C23H25F3N4O3/c1-12(14-6-5-7-17(19(14)24)23(25,26)22(2,3)33)27-20-16-11-30(13-8-9-13)18(31)10-15(16)21(32)29(4)28-20/h5-7,10-13,33H,8-9H2,1-4H3,(H,27,28). The van der Waals surface area contributed by atoms with Crippen molar-refractivity contribution in [3.8, 4) is 0 Å². The Morgan fingerprint density at radius 2 is 1.88 bits per heavy atom. The van der Waals surface area contributed by atoms with Crippen LogP contribution in [-0.2, 0) is 13.0 Å². The van der Waals surface area contributed by atoms with Crippen molar-refractivity contribution in [3.63, 3.8) is 0 Å². The first-order valence-electron chi connectivity index (χ1n) is 10.6. The number of aliphatic hydroxyl groups is 1. The minimum Gasteiger partial charge on any atom is -0.384 e. The molecule has 10 heteroatoms. The molecular formula is C23H25F3N4O3. The van der Waals surface area contributed by atoms with Gasteiger partial charge in [-0.1, -0.05) is 12.1 Å². The summed E-state index contributed by atoms with van der Waals surface area (Å²) in [6, 6.07) is 4.10. The van der Waals surface area contributed by atoms with Crippen LogP contribution in [-0.4, -0.2) is 25.1 Å². The average molecular weight is 462 g/mol. The van der Waals surface area contributed by atoms with Crippen LogP contribution >= 0.6 is 0 Å². The fraction of sp³-hybridized carbons (Fsp3) is 0.435. The summed E-state index contributed by atoms with van der Waals surface area (Å²) < 4.78 is 47.1. The third kappa shape index (κ3) is 3.92. The van der Waals surface area contributed by atoms with E-state index in [1.165, 1.54) is 25.2 Å². The maximum atomic E-state index is 15.2. The van der Waals surface area contributed by atoms with Crippen molar-refractivity contribution in [3.05, 3.63) is 68.1 Å². The molecule has 2 aromatic heterocycles. The van der Waals surface area contributed by atoms with E-state index in [0.717, 1.165) is 37.4 Å². The van der Waals surface area contributed by atoms with E-state index in [4.69, 9.17) is 0 Å². The van der Waals surface area contributed by atoms with Gasteiger partial charge in [-0.2, -0.15) is 13.9 Å². The number of benzene rings is 1. The third-order valence-electron chi connectivity index (χ3n) is 6.01. The van der Waals surface area contributed by atoms with E-state index < -0.39 is 34.5 Å². The highest BCUT2D eigenvalue weighted by Crippen LogP contribution is 2.41. The van der Waals surface area contributed by atoms with Crippen LogP contribution in [0.4, 0.5) is 19.0 Å². The Kier molecular flexibility index (Phi) is 5.39. The molecule has 4 rings (SSSR count). The number of rotatable bonds is 6. The third-order valence-corrected chi connectivity index (χ3v) is 6.01. The lowest BCUT2D eigenvalue weighted by molar-refractivity contribution is -0.170. The molecule has 0 radical (unpaired) electrons. The first-order valence-corrected chi connectivity index (χ1v) is 10.6. The van der Waals surface area contributed by atoms with Crippen LogP contribution in [0, 0.1) is 5.82 Å². The molecule has 1 unspecified atom stereocenters. The topological polar surface area (TPSA) is 89.2 Å². The highest BCUT2D eigenvalue weighted by molar-refractivity contribution is 5.90. The highest BCUT2D eigenvalue weighted by Gasteiger charge is 2.49. The second kappa shape index (κ2) is 7.72. The largest absolute Gasteiger partial charge is 0.384 e. The van der Waals surface area contributed by atoms with Crippen LogP contribution in [0.2, 0.25) is 0 Å². The molecule has 0 aliphatic heterocycles. The molecule has 1 fully saturated rings. The number of pyridine rings is 1. The van der Waals surface area contributed by atoms with Gasteiger partial charge in [0.25, 0.3) is 11.1 Å². The second-order valence-electron chi connectivity index (χ2n) is 9.06. The van der Waals surface area contributed by atoms with Crippen LogP contribution in [0.25, 0.3) is 10.8 Å². The van der Waals surface area contributed by atoms with Gasteiger partial charge in [-0.25, -0.2) is 9.07 Å². The van der Waals surface area contributed by atoms with Crippen molar-refractivity contribution in [2.75, 3.05) is 5.32 Å². The number of aromatic nitrogens is 3. The van der Waals surface area contributed by atoms with Gasteiger partial charge in [0.15, 0.2) is 5.82 Å². The van der Waals surface area contributed by atoms with Gasteiger partial charge in [0.1, 0.15) is 11.4 Å². The molecule has 1 aromatic carbocycles. The summed E-state index contributed by atoms with van der Waals surface area (Å²) in [4.78, 5) is 25.0. The minimum atomic E-state index is -3.82. The quantitative estimate of drug-likeness (QED) is 0.584. The molecule has 1 atom stereocenters. The van der Waals surface area contributed by atoms with Crippen molar-refractivity contribution in [1.82, 2.24) is 14.3 Å². The predicted molar refractivity (Wildman–Crippen MR) is 118 cm³/mol. The molecule has 176 valence electrons. The van der Waals surface area contributed by atoms with Crippen molar-refractivity contribution in [1.29, 1.82) is 0 Å². The number of nitrogens with zero attached hydrogens (tertiary/aromatic N) is 3. The molecule has 1 aliphatic carbocycles. The van der Waals surface area contributed by atoms with Gasteiger partial charge >= 0.3 is 5.92 Å². The van der Waals surface area contributed by atoms with E-state index in [9.17, 15) is 23.5 Å². The SMILES string of the molecule is CC(Nc1nn(C)c(=O)c2cc(=O)n(C3CC3)cc12)c1cccc(C(F)(F)C(C)(C)O)c1F. The van der Waals surface area contributed by atoms with Crippen molar-refractivity contribution in [2.24, 2.45) is 7.05 Å². The van der Waals surface area contributed by atoms with E-state index in [1.807, 2.05) is 0 Å². The van der Waals surface area contributed by atoms with Gasteiger partial charge in [-0.3, -0.25) is 9.59 Å². The second-order valence-corrected chi connectivity index (χ2v) is 9.06. The Bertz CT molecular complexity index is 1350. The molecule has 2 heterocycles. The maximum absolute atomic E-state index is 15.2. The summed E-state index contributed by atoms with van der Waals surface area (Å²) in [5, 5.41) is 17.6. The van der Waals surface area contributed by atoms with Crippen LogP contribution < -0.4 is 16.4 Å². The molecule has 3 aromatic rings. The smallest absolute Gasteiger partial charge is 0.303 e. The predicted octanol–water partition coefficient (Wildman–Crippen LogP) is 3.61. The number of fused-ring (bicyclic) bond motifs is 1. The number of aryl methyl sites for hydroxylation is 1. The average Bonchev–Trinajstić information content (AvgIpc) is 3.55. The van der Waals surface area contributed by atoms with Gasteiger partial charge in [0, 0.05) is 36.3 Å². The van der Waals surface area contributed by atoms with E-state index >= 15 is 4.39 Å². The molecule has 0 amide bonds. The van der Waals surface area contributed by atoms with E-state index in [-0.39, 0.29) is 28.4 Å². The van der Waals surface area contributed by atoms with E-state index in [1.54, 1.807) is 17.7 Å². The van der Waals surface area contributed by atoms with Crippen LogP contribution in [0.1, 0.15) is 56.8 Å². The molecule has 7 nitrogen and oxygen atoms in total. The molecule has 0 bridgehead atoms. The Labute approximate surface area is 187 Å². The lowest BCUT2D eigenvalue weighted by Gasteiger charge is -2.30. The first-order chi connectivity index (χ1) is 15.3. The van der Waals surface area contributed by atoms with Crippen LogP contribution in [0.5, 0.6) is 0 Å². The number of alkyl halides is 2. The van der Waals surface area contributed by atoms with Crippen LogP contribution in [0.15, 0.2) is 40.1 Å². The molecule has 1 saturated carbocycles. The normalized spacial score (nSPS) is 15.6. The van der Waals surface area contributed by atoms with Gasteiger partial charge < -0.3 is 15.0 Å². The zero-order valence-corrected chi connectivity index (χ0v) is 18.7. The molecule has 0 saturated heterocycles. The Morgan fingerprint density at radius 3 is 2.48 bits per heavy atom. The molecule has 2 N–H and O–H groups in total.